The quantitative estimate of drug-likeness (QED) is 0.765. The van der Waals surface area contributed by atoms with Gasteiger partial charge in [-0.2, -0.15) is 0 Å². The molecule has 1 aromatic heterocycles. The van der Waals surface area contributed by atoms with Gasteiger partial charge in [0.15, 0.2) is 0 Å². The number of hydrogen-bond donors (Lipinski definition) is 2. The zero-order valence-electron chi connectivity index (χ0n) is 10.5. The zero-order valence-corrected chi connectivity index (χ0v) is 10.5. The molecule has 2 aromatic rings. The van der Waals surface area contributed by atoms with E-state index in [2.05, 4.69) is 16.4 Å². The molecule has 1 heterocycles. The smallest absolute Gasteiger partial charge is 0.0725 e. The summed E-state index contributed by atoms with van der Waals surface area (Å²) in [5, 5.41) is 13.1. The summed E-state index contributed by atoms with van der Waals surface area (Å²) < 4.78 is 5.22. The van der Waals surface area contributed by atoms with E-state index in [1.54, 1.807) is 0 Å². The van der Waals surface area contributed by atoms with E-state index in [1.165, 1.54) is 0 Å². The van der Waals surface area contributed by atoms with Gasteiger partial charge in [-0.1, -0.05) is 18.2 Å². The Labute approximate surface area is 107 Å². The number of para-hydroxylation sites is 1. The van der Waals surface area contributed by atoms with Crippen LogP contribution in [0.3, 0.4) is 0 Å². The lowest BCUT2D eigenvalue weighted by Gasteiger charge is -2.10. The first-order valence-electron chi connectivity index (χ1n) is 6.10. The van der Waals surface area contributed by atoms with Crippen molar-refractivity contribution in [3.05, 3.63) is 36.0 Å². The molecule has 4 heteroatoms. The first kappa shape index (κ1) is 12.8. The number of hydrogen-bond acceptors (Lipinski definition) is 4. The minimum absolute atomic E-state index is 0.0668. The van der Waals surface area contributed by atoms with Crippen LogP contribution in [0.4, 0.5) is 5.69 Å². The Morgan fingerprint density at radius 2 is 2.11 bits per heavy atom. The molecule has 0 aliphatic carbocycles. The number of aliphatic hydroxyl groups excluding tert-OH is 1. The summed E-state index contributed by atoms with van der Waals surface area (Å²) >= 11 is 0. The molecule has 18 heavy (non-hydrogen) atoms. The average molecular weight is 246 g/mol. The van der Waals surface area contributed by atoms with Crippen molar-refractivity contribution >= 4 is 16.6 Å². The number of fused-ring (bicyclic) bond motifs is 1. The number of aliphatic hydroxyl groups is 1. The predicted molar refractivity (Wildman–Crippen MR) is 72.9 cm³/mol. The summed E-state index contributed by atoms with van der Waals surface area (Å²) in [7, 11) is 0. The Morgan fingerprint density at radius 1 is 1.28 bits per heavy atom. The molecule has 0 saturated carbocycles. The highest BCUT2D eigenvalue weighted by atomic mass is 16.5. The number of ether oxygens (including phenoxy) is 1. The normalized spacial score (nSPS) is 10.8. The molecule has 2 N–H and O–H groups in total. The summed E-state index contributed by atoms with van der Waals surface area (Å²) in [6.45, 7) is 3.73. The second kappa shape index (κ2) is 6.33. The van der Waals surface area contributed by atoms with Crippen LogP contribution >= 0.6 is 0 Å². The van der Waals surface area contributed by atoms with Gasteiger partial charge in [-0.3, -0.25) is 4.98 Å². The molecular weight excluding hydrogens is 228 g/mol. The van der Waals surface area contributed by atoms with Gasteiger partial charge in [0.25, 0.3) is 0 Å². The summed E-state index contributed by atoms with van der Waals surface area (Å²) in [4.78, 5) is 4.49. The summed E-state index contributed by atoms with van der Waals surface area (Å²) in [6.07, 6.45) is 0. The van der Waals surface area contributed by atoms with Crippen LogP contribution in [-0.4, -0.2) is 36.5 Å². The fourth-order valence-corrected chi connectivity index (χ4v) is 1.88. The van der Waals surface area contributed by atoms with Crippen molar-refractivity contribution in [2.24, 2.45) is 0 Å². The van der Waals surface area contributed by atoms with Gasteiger partial charge in [0.05, 0.1) is 25.3 Å². The van der Waals surface area contributed by atoms with Crippen molar-refractivity contribution in [2.45, 2.75) is 6.92 Å². The van der Waals surface area contributed by atoms with E-state index in [-0.39, 0.29) is 6.61 Å². The lowest BCUT2D eigenvalue weighted by Crippen LogP contribution is -2.11. The van der Waals surface area contributed by atoms with Crippen LogP contribution in [0.1, 0.15) is 5.69 Å². The number of anilines is 1. The van der Waals surface area contributed by atoms with Crippen molar-refractivity contribution < 1.29 is 9.84 Å². The van der Waals surface area contributed by atoms with E-state index in [4.69, 9.17) is 9.84 Å². The largest absolute Gasteiger partial charge is 0.394 e. The van der Waals surface area contributed by atoms with Gasteiger partial charge >= 0.3 is 0 Å². The minimum atomic E-state index is 0.0668. The standard InChI is InChI=1S/C14H18N2O2/c1-11-10-14(15-6-8-18-9-7-17)12-4-2-3-5-13(12)16-11/h2-5,10,17H,6-9H2,1H3,(H,15,16). The highest BCUT2D eigenvalue weighted by Gasteiger charge is 2.02. The van der Waals surface area contributed by atoms with E-state index >= 15 is 0 Å². The lowest BCUT2D eigenvalue weighted by atomic mass is 10.1. The van der Waals surface area contributed by atoms with Crippen molar-refractivity contribution in [1.29, 1.82) is 0 Å². The van der Waals surface area contributed by atoms with Crippen molar-refractivity contribution in [3.8, 4) is 0 Å². The summed E-state index contributed by atoms with van der Waals surface area (Å²) in [5.74, 6) is 0. The molecule has 0 atom stereocenters. The monoisotopic (exact) mass is 246 g/mol. The van der Waals surface area contributed by atoms with Gasteiger partial charge in [-0.25, -0.2) is 0 Å². The first-order chi connectivity index (χ1) is 8.81. The minimum Gasteiger partial charge on any atom is -0.394 e. The maximum absolute atomic E-state index is 8.61. The number of rotatable bonds is 6. The molecule has 0 radical (unpaired) electrons. The van der Waals surface area contributed by atoms with Crippen LogP contribution in [0.25, 0.3) is 10.9 Å². The zero-order chi connectivity index (χ0) is 12.8. The molecule has 96 valence electrons. The molecule has 4 nitrogen and oxygen atoms in total. The number of nitrogens with zero attached hydrogens (tertiary/aromatic N) is 1. The van der Waals surface area contributed by atoms with Gasteiger partial charge in [0.2, 0.25) is 0 Å². The van der Waals surface area contributed by atoms with E-state index < -0.39 is 0 Å². The highest BCUT2D eigenvalue weighted by Crippen LogP contribution is 2.22. The molecule has 0 unspecified atom stereocenters. The average Bonchev–Trinajstić information content (AvgIpc) is 2.38. The Kier molecular flexibility index (Phi) is 4.50. The molecule has 0 bridgehead atoms. The van der Waals surface area contributed by atoms with Gasteiger partial charge < -0.3 is 15.2 Å². The summed E-state index contributed by atoms with van der Waals surface area (Å²) in [6, 6.07) is 10.1. The molecule has 0 spiro atoms. The topological polar surface area (TPSA) is 54.4 Å². The Morgan fingerprint density at radius 3 is 2.94 bits per heavy atom. The number of nitrogens with one attached hydrogen (secondary N) is 1. The lowest BCUT2D eigenvalue weighted by molar-refractivity contribution is 0.0992. The number of aromatic nitrogens is 1. The molecular formula is C14H18N2O2. The van der Waals surface area contributed by atoms with Gasteiger partial charge in [0, 0.05) is 23.3 Å². The van der Waals surface area contributed by atoms with Gasteiger partial charge in [0.1, 0.15) is 0 Å². The molecule has 1 aromatic carbocycles. The molecule has 2 rings (SSSR count). The number of aryl methyl sites for hydroxylation is 1. The van der Waals surface area contributed by atoms with Crippen LogP contribution in [0.5, 0.6) is 0 Å². The third-order valence-electron chi connectivity index (χ3n) is 2.64. The van der Waals surface area contributed by atoms with Crippen LogP contribution < -0.4 is 5.32 Å². The Bertz CT molecular complexity index is 514. The van der Waals surface area contributed by atoms with Crippen LogP contribution in [0.15, 0.2) is 30.3 Å². The van der Waals surface area contributed by atoms with Crippen LogP contribution in [0.2, 0.25) is 0 Å². The molecule has 0 fully saturated rings. The van der Waals surface area contributed by atoms with Gasteiger partial charge in [-0.15, -0.1) is 0 Å². The Hall–Kier alpha value is -1.65. The number of pyridine rings is 1. The summed E-state index contributed by atoms with van der Waals surface area (Å²) in [5.41, 5.74) is 3.06. The van der Waals surface area contributed by atoms with E-state index in [0.717, 1.165) is 22.3 Å². The first-order valence-corrected chi connectivity index (χ1v) is 6.10. The molecule has 0 amide bonds. The molecule has 0 aliphatic heterocycles. The van der Waals surface area contributed by atoms with Gasteiger partial charge in [-0.05, 0) is 19.1 Å². The third-order valence-corrected chi connectivity index (χ3v) is 2.64. The SMILES string of the molecule is Cc1cc(NCCOCCO)c2ccccc2n1. The maximum Gasteiger partial charge on any atom is 0.0725 e. The van der Waals surface area contributed by atoms with Crippen LogP contribution in [-0.2, 0) is 4.74 Å². The fraction of sp³-hybridized carbons (Fsp3) is 0.357. The second-order valence-corrected chi connectivity index (χ2v) is 4.09. The number of benzene rings is 1. The van der Waals surface area contributed by atoms with Crippen molar-refractivity contribution in [2.75, 3.05) is 31.7 Å². The van der Waals surface area contributed by atoms with E-state index in [0.29, 0.717) is 19.8 Å². The maximum atomic E-state index is 8.61. The fourth-order valence-electron chi connectivity index (χ4n) is 1.88. The third kappa shape index (κ3) is 3.18. The molecule has 0 saturated heterocycles. The molecule has 0 aliphatic rings. The van der Waals surface area contributed by atoms with E-state index in [1.807, 2.05) is 31.2 Å². The Balaban J connectivity index is 2.07. The van der Waals surface area contributed by atoms with E-state index in [9.17, 15) is 0 Å². The second-order valence-electron chi connectivity index (χ2n) is 4.09. The van der Waals surface area contributed by atoms with Crippen molar-refractivity contribution in [1.82, 2.24) is 4.98 Å². The predicted octanol–water partition coefficient (Wildman–Crippen LogP) is 1.96. The van der Waals surface area contributed by atoms with Crippen LogP contribution in [0, 0.1) is 6.92 Å². The highest BCUT2D eigenvalue weighted by molar-refractivity contribution is 5.91. The van der Waals surface area contributed by atoms with Crippen molar-refractivity contribution in [3.63, 3.8) is 0 Å².